The molecule has 0 aliphatic heterocycles. The van der Waals surface area contributed by atoms with Crippen LogP contribution in [-0.2, 0) is 11.2 Å². The Kier molecular flexibility index (Phi) is 3.75. The number of hydrogen-bond acceptors (Lipinski definition) is 1. The molecule has 0 radical (unpaired) electrons. The highest BCUT2D eigenvalue weighted by Crippen LogP contribution is 2.25. The lowest BCUT2D eigenvalue weighted by Gasteiger charge is -1.99. The number of halogens is 1. The van der Waals surface area contributed by atoms with Crippen LogP contribution in [0.3, 0.4) is 0 Å². The topological polar surface area (TPSA) is 53.1 Å². The van der Waals surface area contributed by atoms with E-state index >= 15 is 0 Å². The summed E-state index contributed by atoms with van der Waals surface area (Å²) in [5.74, 6) is -0.731. The molecular formula is C10H14BrNO2. The van der Waals surface area contributed by atoms with Gasteiger partial charge in [-0.3, -0.25) is 4.79 Å². The van der Waals surface area contributed by atoms with Gasteiger partial charge in [-0.2, -0.15) is 0 Å². The highest BCUT2D eigenvalue weighted by atomic mass is 79.9. The first-order valence-electron chi connectivity index (χ1n) is 4.57. The molecule has 0 amide bonds. The number of rotatable bonds is 4. The smallest absolute Gasteiger partial charge is 0.303 e. The van der Waals surface area contributed by atoms with E-state index in [0.717, 1.165) is 22.3 Å². The summed E-state index contributed by atoms with van der Waals surface area (Å²) in [5, 5.41) is 8.52. The summed E-state index contributed by atoms with van der Waals surface area (Å²) in [6.07, 6.45) is 1.73. The van der Waals surface area contributed by atoms with E-state index in [9.17, 15) is 4.79 Å². The Hall–Kier alpha value is -0.770. The molecular weight excluding hydrogens is 246 g/mol. The van der Waals surface area contributed by atoms with Crippen LogP contribution in [0.25, 0.3) is 0 Å². The molecule has 0 aromatic carbocycles. The maximum atomic E-state index is 10.3. The van der Waals surface area contributed by atoms with Crippen LogP contribution in [0.2, 0.25) is 0 Å². The molecule has 0 aliphatic carbocycles. The van der Waals surface area contributed by atoms with Crippen molar-refractivity contribution in [3.05, 3.63) is 21.4 Å². The zero-order valence-electron chi connectivity index (χ0n) is 8.35. The van der Waals surface area contributed by atoms with Crippen molar-refractivity contribution in [3.63, 3.8) is 0 Å². The zero-order valence-corrected chi connectivity index (χ0v) is 9.94. The molecule has 0 unspecified atom stereocenters. The van der Waals surface area contributed by atoms with E-state index in [1.807, 2.05) is 13.8 Å². The van der Waals surface area contributed by atoms with Gasteiger partial charge < -0.3 is 10.1 Å². The Labute approximate surface area is 91.7 Å². The predicted octanol–water partition coefficient (Wildman–Crippen LogP) is 2.80. The third-order valence-corrected chi connectivity index (χ3v) is 3.31. The van der Waals surface area contributed by atoms with Gasteiger partial charge in [0.1, 0.15) is 0 Å². The molecule has 0 aliphatic rings. The van der Waals surface area contributed by atoms with Crippen molar-refractivity contribution in [1.29, 1.82) is 0 Å². The van der Waals surface area contributed by atoms with Crippen LogP contribution in [0.1, 0.15) is 29.8 Å². The Morgan fingerprint density at radius 1 is 1.43 bits per heavy atom. The first-order chi connectivity index (χ1) is 6.52. The van der Waals surface area contributed by atoms with Crippen LogP contribution >= 0.6 is 15.9 Å². The van der Waals surface area contributed by atoms with Crippen molar-refractivity contribution in [2.45, 2.75) is 33.1 Å². The quantitative estimate of drug-likeness (QED) is 0.874. The van der Waals surface area contributed by atoms with Gasteiger partial charge in [-0.15, -0.1) is 0 Å². The first kappa shape index (κ1) is 11.3. The van der Waals surface area contributed by atoms with Crippen LogP contribution in [0, 0.1) is 13.8 Å². The second kappa shape index (κ2) is 4.64. The van der Waals surface area contributed by atoms with Crippen molar-refractivity contribution < 1.29 is 9.90 Å². The molecule has 1 aromatic heterocycles. The normalized spacial score (nSPS) is 10.5. The molecule has 0 bridgehead atoms. The minimum Gasteiger partial charge on any atom is -0.481 e. The van der Waals surface area contributed by atoms with E-state index in [1.54, 1.807) is 0 Å². The van der Waals surface area contributed by atoms with Gasteiger partial charge >= 0.3 is 5.97 Å². The van der Waals surface area contributed by atoms with Crippen LogP contribution in [-0.4, -0.2) is 16.1 Å². The van der Waals surface area contributed by atoms with Gasteiger partial charge in [0.2, 0.25) is 0 Å². The molecule has 1 heterocycles. The van der Waals surface area contributed by atoms with Crippen molar-refractivity contribution in [3.8, 4) is 0 Å². The fourth-order valence-corrected chi connectivity index (χ4v) is 2.11. The fraction of sp³-hybridized carbons (Fsp3) is 0.500. The van der Waals surface area contributed by atoms with Crippen molar-refractivity contribution in [1.82, 2.24) is 4.98 Å². The molecule has 1 aromatic rings. The number of aryl methyl sites for hydroxylation is 2. The number of carbonyl (C=O) groups is 1. The average molecular weight is 260 g/mol. The third-order valence-electron chi connectivity index (χ3n) is 2.24. The van der Waals surface area contributed by atoms with Gasteiger partial charge in [0.05, 0.1) is 0 Å². The number of H-pyrrole nitrogens is 1. The summed E-state index contributed by atoms with van der Waals surface area (Å²) in [5.41, 5.74) is 3.43. The van der Waals surface area contributed by atoms with Crippen molar-refractivity contribution >= 4 is 21.9 Å². The van der Waals surface area contributed by atoms with Gasteiger partial charge in [-0.1, -0.05) is 0 Å². The summed E-state index contributed by atoms with van der Waals surface area (Å²) >= 11 is 3.49. The number of hydrogen-bond donors (Lipinski definition) is 2. The van der Waals surface area contributed by atoms with Crippen LogP contribution in [0.5, 0.6) is 0 Å². The monoisotopic (exact) mass is 259 g/mol. The van der Waals surface area contributed by atoms with E-state index in [2.05, 4.69) is 20.9 Å². The largest absolute Gasteiger partial charge is 0.481 e. The summed E-state index contributed by atoms with van der Waals surface area (Å²) in [7, 11) is 0. The maximum Gasteiger partial charge on any atom is 0.303 e. The number of aromatic nitrogens is 1. The molecule has 0 atom stereocenters. The summed E-state index contributed by atoms with van der Waals surface area (Å²) in [6, 6.07) is 0. The highest BCUT2D eigenvalue weighted by molar-refractivity contribution is 9.10. The fourth-order valence-electron chi connectivity index (χ4n) is 1.52. The number of carboxylic acids is 1. The Morgan fingerprint density at radius 2 is 2.07 bits per heavy atom. The molecule has 1 rings (SSSR count). The SMILES string of the molecule is Cc1[nH]c(C)c(CCCC(=O)O)c1Br. The molecule has 14 heavy (non-hydrogen) atoms. The Morgan fingerprint density at radius 3 is 2.50 bits per heavy atom. The molecule has 0 spiro atoms. The van der Waals surface area contributed by atoms with Gasteiger partial charge in [0.25, 0.3) is 0 Å². The number of aromatic amines is 1. The molecule has 0 fully saturated rings. The predicted molar refractivity (Wildman–Crippen MR) is 58.5 cm³/mol. The average Bonchev–Trinajstić information content (AvgIpc) is 2.31. The standard InChI is InChI=1S/C10H14BrNO2/c1-6-8(4-3-5-9(13)14)10(11)7(2)12-6/h12H,3-5H2,1-2H3,(H,13,14). The van der Waals surface area contributed by atoms with E-state index in [-0.39, 0.29) is 6.42 Å². The van der Waals surface area contributed by atoms with Crippen molar-refractivity contribution in [2.24, 2.45) is 0 Å². The maximum absolute atomic E-state index is 10.3. The molecule has 78 valence electrons. The molecule has 0 saturated carbocycles. The van der Waals surface area contributed by atoms with Gasteiger partial charge in [-0.05, 0) is 48.2 Å². The lowest BCUT2D eigenvalue weighted by Crippen LogP contribution is -1.96. The summed E-state index contributed by atoms with van der Waals surface area (Å²) < 4.78 is 1.08. The Bertz CT molecular complexity index is 344. The molecule has 3 nitrogen and oxygen atoms in total. The van der Waals surface area contributed by atoms with E-state index in [0.29, 0.717) is 6.42 Å². The number of carboxylic acid groups (broad SMARTS) is 1. The molecule has 0 saturated heterocycles. The minimum atomic E-state index is -0.731. The van der Waals surface area contributed by atoms with Gasteiger partial charge in [-0.25, -0.2) is 0 Å². The lowest BCUT2D eigenvalue weighted by atomic mass is 10.1. The van der Waals surface area contributed by atoms with E-state index in [1.165, 1.54) is 5.56 Å². The molecule has 2 N–H and O–H groups in total. The Balaban J connectivity index is 2.62. The van der Waals surface area contributed by atoms with E-state index < -0.39 is 5.97 Å². The van der Waals surface area contributed by atoms with Gasteiger partial charge in [0.15, 0.2) is 0 Å². The van der Waals surface area contributed by atoms with Gasteiger partial charge in [0, 0.05) is 22.3 Å². The second-order valence-electron chi connectivity index (χ2n) is 3.41. The summed E-state index contributed by atoms with van der Waals surface area (Å²) in [6.45, 7) is 4.01. The minimum absolute atomic E-state index is 0.232. The first-order valence-corrected chi connectivity index (χ1v) is 5.37. The zero-order chi connectivity index (χ0) is 10.7. The van der Waals surface area contributed by atoms with Crippen LogP contribution < -0.4 is 0 Å². The van der Waals surface area contributed by atoms with E-state index in [4.69, 9.17) is 5.11 Å². The number of nitrogens with one attached hydrogen (secondary N) is 1. The van der Waals surface area contributed by atoms with Crippen molar-refractivity contribution in [2.75, 3.05) is 0 Å². The van der Waals surface area contributed by atoms with Crippen LogP contribution in [0.15, 0.2) is 4.47 Å². The van der Waals surface area contributed by atoms with Crippen LogP contribution in [0.4, 0.5) is 0 Å². The lowest BCUT2D eigenvalue weighted by molar-refractivity contribution is -0.137. The second-order valence-corrected chi connectivity index (χ2v) is 4.21. The highest BCUT2D eigenvalue weighted by Gasteiger charge is 2.09. The number of aliphatic carboxylic acids is 1. The summed E-state index contributed by atoms with van der Waals surface area (Å²) in [4.78, 5) is 13.6. The third kappa shape index (κ3) is 2.61. The molecule has 4 heteroatoms.